The summed E-state index contributed by atoms with van der Waals surface area (Å²) in [4.78, 5) is 0. The number of ether oxygens (including phenoxy) is 1. The molecule has 1 heterocycles. The van der Waals surface area contributed by atoms with Gasteiger partial charge >= 0.3 is 0 Å². The summed E-state index contributed by atoms with van der Waals surface area (Å²) in [5.74, 6) is 1.59. The molecule has 0 atom stereocenters. The van der Waals surface area contributed by atoms with E-state index in [1.54, 1.807) is 0 Å². The molecular weight excluding hydrogens is 174 g/mol. The second-order valence-corrected chi connectivity index (χ2v) is 3.66. The van der Waals surface area contributed by atoms with E-state index in [0.717, 1.165) is 32.2 Å². The van der Waals surface area contributed by atoms with E-state index in [2.05, 4.69) is 5.32 Å². The van der Waals surface area contributed by atoms with Crippen LogP contribution in [-0.4, -0.2) is 32.2 Å². The first-order valence-electron chi connectivity index (χ1n) is 4.78. The molecule has 0 radical (unpaired) electrons. The highest BCUT2D eigenvalue weighted by atomic mass is 35.5. The molecule has 2 nitrogen and oxygen atoms in total. The fraction of sp³-hybridized carbons (Fsp3) is 1.00. The molecule has 0 aliphatic carbocycles. The average Bonchev–Trinajstić information content (AvgIpc) is 2.14. The SMILES string of the molecule is ClCCNCCC1CCOCC1. The van der Waals surface area contributed by atoms with E-state index < -0.39 is 0 Å². The molecule has 0 bridgehead atoms. The summed E-state index contributed by atoms with van der Waals surface area (Å²) in [5.41, 5.74) is 0. The van der Waals surface area contributed by atoms with Crippen LogP contribution in [0, 0.1) is 5.92 Å². The van der Waals surface area contributed by atoms with Crippen molar-refractivity contribution >= 4 is 11.6 Å². The van der Waals surface area contributed by atoms with Crippen molar-refractivity contribution in [3.63, 3.8) is 0 Å². The van der Waals surface area contributed by atoms with Gasteiger partial charge in [-0.1, -0.05) is 0 Å². The van der Waals surface area contributed by atoms with E-state index in [1.165, 1.54) is 19.3 Å². The van der Waals surface area contributed by atoms with E-state index in [4.69, 9.17) is 16.3 Å². The molecule has 1 fully saturated rings. The topological polar surface area (TPSA) is 21.3 Å². The van der Waals surface area contributed by atoms with Crippen LogP contribution in [0.15, 0.2) is 0 Å². The molecule has 0 aromatic carbocycles. The lowest BCUT2D eigenvalue weighted by atomic mass is 9.97. The smallest absolute Gasteiger partial charge is 0.0468 e. The third-order valence-corrected chi connectivity index (χ3v) is 2.53. The highest BCUT2D eigenvalue weighted by Crippen LogP contribution is 2.17. The Morgan fingerprint density at radius 3 is 2.67 bits per heavy atom. The van der Waals surface area contributed by atoms with Gasteiger partial charge in [-0.3, -0.25) is 0 Å². The Hall–Kier alpha value is 0.210. The Morgan fingerprint density at radius 2 is 2.00 bits per heavy atom. The zero-order chi connectivity index (χ0) is 8.65. The first-order chi connectivity index (χ1) is 5.93. The van der Waals surface area contributed by atoms with Crippen molar-refractivity contribution in [2.75, 3.05) is 32.2 Å². The zero-order valence-electron chi connectivity index (χ0n) is 7.52. The van der Waals surface area contributed by atoms with E-state index >= 15 is 0 Å². The molecule has 72 valence electrons. The third-order valence-electron chi connectivity index (χ3n) is 2.34. The molecule has 0 amide bonds. The van der Waals surface area contributed by atoms with Gasteiger partial charge in [0.05, 0.1) is 0 Å². The van der Waals surface area contributed by atoms with E-state index in [9.17, 15) is 0 Å². The molecule has 1 rings (SSSR count). The van der Waals surface area contributed by atoms with Crippen LogP contribution < -0.4 is 5.32 Å². The quantitative estimate of drug-likeness (QED) is 0.527. The minimum Gasteiger partial charge on any atom is -0.381 e. The van der Waals surface area contributed by atoms with Gasteiger partial charge in [-0.2, -0.15) is 0 Å². The van der Waals surface area contributed by atoms with Crippen LogP contribution in [-0.2, 0) is 4.74 Å². The van der Waals surface area contributed by atoms with Gasteiger partial charge < -0.3 is 10.1 Å². The summed E-state index contributed by atoms with van der Waals surface area (Å²) in [5, 5.41) is 3.31. The molecule has 0 aromatic heterocycles. The Morgan fingerprint density at radius 1 is 1.25 bits per heavy atom. The molecule has 0 aromatic rings. The molecule has 1 aliphatic heterocycles. The van der Waals surface area contributed by atoms with Gasteiger partial charge in [-0.25, -0.2) is 0 Å². The number of hydrogen-bond donors (Lipinski definition) is 1. The molecule has 1 aliphatic rings. The van der Waals surface area contributed by atoms with Crippen molar-refractivity contribution in [3.05, 3.63) is 0 Å². The van der Waals surface area contributed by atoms with Crippen molar-refractivity contribution < 1.29 is 4.74 Å². The molecule has 3 heteroatoms. The molecular formula is C9H18ClNO. The maximum absolute atomic E-state index is 5.54. The minimum absolute atomic E-state index is 0.716. The predicted octanol–water partition coefficient (Wildman–Crippen LogP) is 1.63. The summed E-state index contributed by atoms with van der Waals surface area (Å²) < 4.78 is 5.29. The number of halogens is 1. The summed E-state index contributed by atoms with van der Waals surface area (Å²) in [6, 6.07) is 0. The van der Waals surface area contributed by atoms with E-state index in [0.29, 0.717) is 5.88 Å². The van der Waals surface area contributed by atoms with Crippen molar-refractivity contribution in [1.82, 2.24) is 5.32 Å². The number of alkyl halides is 1. The maximum atomic E-state index is 5.54. The largest absolute Gasteiger partial charge is 0.381 e. The van der Waals surface area contributed by atoms with E-state index in [-0.39, 0.29) is 0 Å². The molecule has 12 heavy (non-hydrogen) atoms. The lowest BCUT2D eigenvalue weighted by Gasteiger charge is -2.21. The normalized spacial score (nSPS) is 19.8. The molecule has 1 saturated heterocycles. The highest BCUT2D eigenvalue weighted by Gasteiger charge is 2.12. The summed E-state index contributed by atoms with van der Waals surface area (Å²) in [6.07, 6.45) is 3.76. The van der Waals surface area contributed by atoms with Crippen LogP contribution in [0.4, 0.5) is 0 Å². The van der Waals surface area contributed by atoms with Crippen molar-refractivity contribution in [1.29, 1.82) is 0 Å². The fourth-order valence-electron chi connectivity index (χ4n) is 1.53. The number of nitrogens with one attached hydrogen (secondary N) is 1. The van der Waals surface area contributed by atoms with Crippen molar-refractivity contribution in [2.45, 2.75) is 19.3 Å². The van der Waals surface area contributed by atoms with Crippen LogP contribution in [0.3, 0.4) is 0 Å². The third kappa shape index (κ3) is 4.29. The van der Waals surface area contributed by atoms with Gasteiger partial charge in [0.15, 0.2) is 0 Å². The fourth-order valence-corrected chi connectivity index (χ4v) is 1.67. The van der Waals surface area contributed by atoms with Gasteiger partial charge in [-0.05, 0) is 31.7 Å². The van der Waals surface area contributed by atoms with Crippen molar-refractivity contribution in [2.24, 2.45) is 5.92 Å². The minimum atomic E-state index is 0.716. The van der Waals surface area contributed by atoms with Crippen LogP contribution in [0.1, 0.15) is 19.3 Å². The highest BCUT2D eigenvalue weighted by molar-refractivity contribution is 6.18. The first-order valence-corrected chi connectivity index (χ1v) is 5.31. The Kier molecular flexibility index (Phi) is 5.74. The van der Waals surface area contributed by atoms with Crippen LogP contribution >= 0.6 is 11.6 Å². The van der Waals surface area contributed by atoms with Crippen LogP contribution in [0.5, 0.6) is 0 Å². The van der Waals surface area contributed by atoms with Crippen LogP contribution in [0.25, 0.3) is 0 Å². The monoisotopic (exact) mass is 191 g/mol. The zero-order valence-corrected chi connectivity index (χ0v) is 8.28. The summed E-state index contributed by atoms with van der Waals surface area (Å²) >= 11 is 5.54. The molecule has 1 N–H and O–H groups in total. The number of hydrogen-bond acceptors (Lipinski definition) is 2. The first kappa shape index (κ1) is 10.3. The Bertz CT molecular complexity index is 105. The standard InChI is InChI=1S/C9H18ClNO/c10-4-6-11-5-1-9-2-7-12-8-3-9/h9,11H,1-8H2. The second kappa shape index (κ2) is 6.70. The summed E-state index contributed by atoms with van der Waals surface area (Å²) in [6.45, 7) is 3.96. The number of rotatable bonds is 5. The average molecular weight is 192 g/mol. The van der Waals surface area contributed by atoms with E-state index in [1.807, 2.05) is 0 Å². The van der Waals surface area contributed by atoms with Gasteiger partial charge in [-0.15, -0.1) is 11.6 Å². The lowest BCUT2D eigenvalue weighted by Crippen LogP contribution is -2.23. The van der Waals surface area contributed by atoms with Gasteiger partial charge in [0.25, 0.3) is 0 Å². The van der Waals surface area contributed by atoms with Gasteiger partial charge in [0.2, 0.25) is 0 Å². The predicted molar refractivity (Wildman–Crippen MR) is 51.7 cm³/mol. The van der Waals surface area contributed by atoms with Gasteiger partial charge in [0.1, 0.15) is 0 Å². The molecule has 0 spiro atoms. The second-order valence-electron chi connectivity index (χ2n) is 3.28. The Balaban J connectivity index is 1.91. The Labute approximate surface area is 79.6 Å². The molecule has 0 saturated carbocycles. The van der Waals surface area contributed by atoms with Gasteiger partial charge in [0, 0.05) is 25.6 Å². The van der Waals surface area contributed by atoms with Crippen LogP contribution in [0.2, 0.25) is 0 Å². The summed E-state index contributed by atoms with van der Waals surface area (Å²) in [7, 11) is 0. The maximum Gasteiger partial charge on any atom is 0.0468 e. The van der Waals surface area contributed by atoms with Crippen molar-refractivity contribution in [3.8, 4) is 0 Å². The molecule has 0 unspecified atom stereocenters. The lowest BCUT2D eigenvalue weighted by molar-refractivity contribution is 0.0640.